The zero-order valence-electron chi connectivity index (χ0n) is 13.4. The van der Waals surface area contributed by atoms with Crippen LogP contribution in [0.5, 0.6) is 0 Å². The number of aromatic nitrogens is 4. The molecule has 0 atom stereocenters. The molecule has 0 radical (unpaired) electrons. The summed E-state index contributed by atoms with van der Waals surface area (Å²) >= 11 is 12.9. The second-order valence-electron chi connectivity index (χ2n) is 5.88. The number of rotatable bonds is 5. The minimum atomic E-state index is 0.409. The fourth-order valence-corrected chi connectivity index (χ4v) is 3.57. The first-order chi connectivity index (χ1) is 12.1. The topological polar surface area (TPSA) is 70.9 Å². The molecule has 25 heavy (non-hydrogen) atoms. The van der Waals surface area contributed by atoms with Gasteiger partial charge in [-0.15, -0.1) is 0 Å². The van der Waals surface area contributed by atoms with Crippen LogP contribution in [0.25, 0.3) is 0 Å². The molecule has 6 nitrogen and oxygen atoms in total. The van der Waals surface area contributed by atoms with E-state index in [1.807, 2.05) is 24.3 Å². The van der Waals surface area contributed by atoms with E-state index >= 15 is 0 Å². The van der Waals surface area contributed by atoms with Gasteiger partial charge in [-0.1, -0.05) is 40.6 Å². The Morgan fingerprint density at radius 2 is 2.16 bits per heavy atom. The largest absolute Gasteiger partial charge is 0.331 e. The van der Waals surface area contributed by atoms with Crippen LogP contribution in [0.3, 0.4) is 0 Å². The van der Waals surface area contributed by atoms with Crippen LogP contribution in [0.4, 0.5) is 10.8 Å². The van der Waals surface area contributed by atoms with Gasteiger partial charge in [-0.2, -0.15) is 14.9 Å². The molecule has 1 fully saturated rings. The van der Waals surface area contributed by atoms with Gasteiger partial charge >= 0.3 is 0 Å². The molecule has 1 saturated carbocycles. The van der Waals surface area contributed by atoms with Crippen molar-refractivity contribution >= 4 is 52.2 Å². The van der Waals surface area contributed by atoms with Gasteiger partial charge in [0, 0.05) is 11.6 Å². The summed E-state index contributed by atoms with van der Waals surface area (Å²) in [6.45, 7) is 2.05. The minimum Gasteiger partial charge on any atom is -0.331 e. The number of hydrogen-bond donors (Lipinski definition) is 2. The van der Waals surface area contributed by atoms with Crippen LogP contribution in [0.1, 0.15) is 35.0 Å². The van der Waals surface area contributed by atoms with E-state index in [-0.39, 0.29) is 0 Å². The summed E-state index contributed by atoms with van der Waals surface area (Å²) in [4.78, 5) is 5.11. The normalized spacial score (nSPS) is 14.3. The Morgan fingerprint density at radius 3 is 2.88 bits per heavy atom. The number of halogens is 1. The first-order valence-electron chi connectivity index (χ1n) is 7.82. The number of thiazole rings is 1. The zero-order chi connectivity index (χ0) is 17.4. The number of nitrogens with one attached hydrogen (secondary N) is 2. The predicted octanol–water partition coefficient (Wildman–Crippen LogP) is 4.86. The van der Waals surface area contributed by atoms with E-state index in [0.717, 1.165) is 29.2 Å². The highest BCUT2D eigenvalue weighted by molar-refractivity contribution is 7.71. The molecule has 1 aliphatic carbocycles. The van der Waals surface area contributed by atoms with E-state index in [0.29, 0.717) is 21.0 Å². The molecule has 1 aliphatic rings. The summed E-state index contributed by atoms with van der Waals surface area (Å²) in [6, 6.07) is 8.09. The van der Waals surface area contributed by atoms with Crippen LogP contribution in [0, 0.1) is 11.7 Å². The second kappa shape index (κ2) is 6.70. The molecule has 0 bridgehead atoms. The molecule has 128 valence electrons. The van der Waals surface area contributed by atoms with Gasteiger partial charge in [-0.25, -0.2) is 4.98 Å². The number of H-pyrrole nitrogens is 1. The lowest BCUT2D eigenvalue weighted by atomic mass is 10.2. The van der Waals surface area contributed by atoms with Crippen molar-refractivity contribution in [2.24, 2.45) is 5.10 Å². The fourth-order valence-electron chi connectivity index (χ4n) is 2.34. The summed E-state index contributed by atoms with van der Waals surface area (Å²) in [5, 5.41) is 15.9. The van der Waals surface area contributed by atoms with Crippen LogP contribution in [-0.2, 0) is 0 Å². The lowest BCUT2D eigenvalue weighted by molar-refractivity contribution is 0.773. The standard InChI is InChI=1S/C16H15ClN6S2/c1-9-2-6-11(7-3-9)19-15-20-13(17)12(25-15)8-18-23-14(10-4-5-10)21-22-16(23)24/h2-3,6-8,10H,4-5H2,1H3,(H,19,20)(H,22,24)/b18-8+. The van der Waals surface area contributed by atoms with Gasteiger partial charge in [0.2, 0.25) is 4.77 Å². The lowest BCUT2D eigenvalue weighted by Crippen LogP contribution is -1.96. The van der Waals surface area contributed by atoms with Gasteiger partial charge < -0.3 is 5.32 Å². The first kappa shape index (κ1) is 16.4. The van der Waals surface area contributed by atoms with Crippen LogP contribution < -0.4 is 5.32 Å². The monoisotopic (exact) mass is 390 g/mol. The highest BCUT2D eigenvalue weighted by Crippen LogP contribution is 2.38. The molecule has 1 aromatic carbocycles. The number of benzene rings is 1. The van der Waals surface area contributed by atoms with Crippen molar-refractivity contribution in [3.8, 4) is 0 Å². The van der Waals surface area contributed by atoms with Gasteiger partial charge in [0.25, 0.3) is 0 Å². The lowest BCUT2D eigenvalue weighted by Gasteiger charge is -2.01. The SMILES string of the molecule is Cc1ccc(Nc2nc(Cl)c(/C=N/n3c(C4CC4)n[nH]c3=S)s2)cc1. The molecule has 2 heterocycles. The second-order valence-corrected chi connectivity index (χ2v) is 7.66. The number of anilines is 2. The predicted molar refractivity (Wildman–Crippen MR) is 104 cm³/mol. The van der Waals surface area contributed by atoms with E-state index < -0.39 is 0 Å². The molecule has 9 heteroatoms. The number of aromatic amines is 1. The molecular formula is C16H15ClN6S2. The summed E-state index contributed by atoms with van der Waals surface area (Å²) in [6.07, 6.45) is 3.93. The summed E-state index contributed by atoms with van der Waals surface area (Å²) in [5.41, 5.74) is 2.17. The Balaban J connectivity index is 1.55. The van der Waals surface area contributed by atoms with E-state index in [9.17, 15) is 0 Å². The Bertz CT molecular complexity index is 981. The molecule has 0 spiro atoms. The molecule has 2 aromatic heterocycles. The van der Waals surface area contributed by atoms with Crippen molar-refractivity contribution in [1.29, 1.82) is 0 Å². The van der Waals surface area contributed by atoms with Crippen molar-refractivity contribution in [1.82, 2.24) is 19.9 Å². The summed E-state index contributed by atoms with van der Waals surface area (Å²) < 4.78 is 2.15. The fraction of sp³-hybridized carbons (Fsp3) is 0.250. The first-order valence-corrected chi connectivity index (χ1v) is 9.42. The molecule has 0 amide bonds. The van der Waals surface area contributed by atoms with Gasteiger partial charge in [0.15, 0.2) is 16.1 Å². The molecular weight excluding hydrogens is 376 g/mol. The third-order valence-corrected chi connectivity index (χ3v) is 5.39. The quantitative estimate of drug-likeness (QED) is 0.482. The average molecular weight is 391 g/mol. The van der Waals surface area contributed by atoms with E-state index in [1.54, 1.807) is 10.9 Å². The third-order valence-electron chi connectivity index (χ3n) is 3.82. The van der Waals surface area contributed by atoms with Crippen molar-refractivity contribution in [2.45, 2.75) is 25.7 Å². The van der Waals surface area contributed by atoms with Crippen LogP contribution in [0.2, 0.25) is 5.15 Å². The number of aryl methyl sites for hydroxylation is 1. The molecule has 4 rings (SSSR count). The maximum atomic E-state index is 6.24. The Kier molecular flexibility index (Phi) is 4.41. The zero-order valence-corrected chi connectivity index (χ0v) is 15.8. The Hall–Kier alpha value is -2.03. The van der Waals surface area contributed by atoms with Gasteiger partial charge in [0.05, 0.1) is 11.1 Å². The number of hydrogen-bond acceptors (Lipinski definition) is 6. The van der Waals surface area contributed by atoms with Crippen molar-refractivity contribution in [3.05, 3.63) is 50.5 Å². The molecule has 0 saturated heterocycles. The van der Waals surface area contributed by atoms with E-state index in [2.05, 4.69) is 32.5 Å². The molecule has 2 N–H and O–H groups in total. The summed E-state index contributed by atoms with van der Waals surface area (Å²) in [7, 11) is 0. The van der Waals surface area contributed by atoms with Gasteiger partial charge in [0.1, 0.15) is 0 Å². The van der Waals surface area contributed by atoms with Crippen LogP contribution in [0.15, 0.2) is 29.4 Å². The Labute approximate surface area is 158 Å². The molecule has 0 aliphatic heterocycles. The molecule has 3 aromatic rings. The highest BCUT2D eigenvalue weighted by atomic mass is 35.5. The van der Waals surface area contributed by atoms with Gasteiger partial charge in [-0.05, 0) is 44.1 Å². The highest BCUT2D eigenvalue weighted by Gasteiger charge is 2.29. The minimum absolute atomic E-state index is 0.409. The van der Waals surface area contributed by atoms with Gasteiger partial charge in [-0.3, -0.25) is 5.10 Å². The summed E-state index contributed by atoms with van der Waals surface area (Å²) in [5.74, 6) is 1.32. The smallest absolute Gasteiger partial charge is 0.216 e. The van der Waals surface area contributed by atoms with Crippen LogP contribution >= 0.6 is 35.2 Å². The van der Waals surface area contributed by atoms with Crippen molar-refractivity contribution in [2.75, 3.05) is 5.32 Å². The van der Waals surface area contributed by atoms with Crippen molar-refractivity contribution in [3.63, 3.8) is 0 Å². The van der Waals surface area contributed by atoms with Crippen LogP contribution in [-0.4, -0.2) is 26.1 Å². The maximum absolute atomic E-state index is 6.24. The molecule has 0 unspecified atom stereocenters. The van der Waals surface area contributed by atoms with Crippen molar-refractivity contribution < 1.29 is 0 Å². The van der Waals surface area contributed by atoms with E-state index in [4.69, 9.17) is 23.8 Å². The number of nitrogens with zero attached hydrogens (tertiary/aromatic N) is 4. The Morgan fingerprint density at radius 1 is 1.40 bits per heavy atom. The maximum Gasteiger partial charge on any atom is 0.216 e. The third kappa shape index (κ3) is 3.65. The van der Waals surface area contributed by atoms with E-state index in [1.165, 1.54) is 16.9 Å². The average Bonchev–Trinajstić information content (AvgIpc) is 3.28.